The number of ether oxygens (including phenoxy) is 1. The van der Waals surface area contributed by atoms with Crippen LogP contribution >= 0.6 is 0 Å². The summed E-state index contributed by atoms with van der Waals surface area (Å²) in [7, 11) is 0. The zero-order chi connectivity index (χ0) is 18.8. The highest BCUT2D eigenvalue weighted by Gasteiger charge is 2.54. The molecule has 0 radical (unpaired) electrons. The van der Waals surface area contributed by atoms with Crippen molar-refractivity contribution >= 4 is 0 Å². The molecule has 1 aliphatic rings. The van der Waals surface area contributed by atoms with Gasteiger partial charge < -0.3 is 14.9 Å². The fraction of sp³-hybridized carbons (Fsp3) is 0.778. The van der Waals surface area contributed by atoms with Crippen LogP contribution in [0.15, 0.2) is 23.8 Å². The van der Waals surface area contributed by atoms with Crippen LogP contribution < -0.4 is 0 Å². The molecule has 0 aliphatic heterocycles. The zero-order valence-corrected chi connectivity index (χ0v) is 15.1. The molecule has 0 aromatic carbocycles. The topological polar surface area (TPSA) is 49.7 Å². The van der Waals surface area contributed by atoms with Crippen LogP contribution in [0, 0.1) is 11.3 Å². The van der Waals surface area contributed by atoms with Crippen molar-refractivity contribution in [2.45, 2.75) is 64.8 Å². The number of aliphatic hydroxyl groups excluding tert-OH is 1. The predicted octanol–water partition coefficient (Wildman–Crippen LogP) is 4.01. The minimum absolute atomic E-state index is 0.0452. The highest BCUT2D eigenvalue weighted by molar-refractivity contribution is 5.25. The van der Waals surface area contributed by atoms with Crippen LogP contribution in [-0.4, -0.2) is 40.8 Å². The maximum atomic E-state index is 12.4. The van der Waals surface area contributed by atoms with E-state index >= 15 is 0 Å². The van der Waals surface area contributed by atoms with E-state index in [9.17, 15) is 18.3 Å². The molecule has 0 aromatic rings. The van der Waals surface area contributed by atoms with Crippen molar-refractivity contribution in [3.05, 3.63) is 23.8 Å². The second-order valence-electron chi connectivity index (χ2n) is 7.78. The van der Waals surface area contributed by atoms with Crippen molar-refractivity contribution in [3.8, 4) is 0 Å². The van der Waals surface area contributed by atoms with Crippen LogP contribution in [0.5, 0.6) is 0 Å². The van der Waals surface area contributed by atoms with Gasteiger partial charge in [-0.15, -0.1) is 0 Å². The molecule has 1 unspecified atom stereocenters. The van der Waals surface area contributed by atoms with E-state index in [1.165, 1.54) is 19.1 Å². The summed E-state index contributed by atoms with van der Waals surface area (Å²) in [6.45, 7) is 9.10. The summed E-state index contributed by atoms with van der Waals surface area (Å²) in [4.78, 5) is 0. The van der Waals surface area contributed by atoms with Crippen LogP contribution in [0.25, 0.3) is 0 Å². The van der Waals surface area contributed by atoms with Crippen molar-refractivity contribution in [2.24, 2.45) is 11.3 Å². The zero-order valence-electron chi connectivity index (χ0n) is 15.1. The van der Waals surface area contributed by atoms with E-state index in [1.807, 2.05) is 27.7 Å². The molecule has 1 aliphatic carbocycles. The lowest BCUT2D eigenvalue weighted by molar-refractivity contribution is -0.181. The summed E-state index contributed by atoms with van der Waals surface area (Å²) in [6.07, 6.45) is -0.236. The molecule has 1 rings (SSSR count). The molecule has 24 heavy (non-hydrogen) atoms. The molecule has 3 nitrogen and oxygen atoms in total. The van der Waals surface area contributed by atoms with Gasteiger partial charge in [-0.1, -0.05) is 32.9 Å². The largest absolute Gasteiger partial charge is 0.410 e. The Hall–Kier alpha value is -0.850. The maximum Gasteiger partial charge on any atom is 0.410 e. The van der Waals surface area contributed by atoms with Crippen molar-refractivity contribution in [3.63, 3.8) is 0 Å². The summed E-state index contributed by atoms with van der Waals surface area (Å²) in [6, 6.07) is 0. The van der Waals surface area contributed by atoms with Gasteiger partial charge >= 0.3 is 6.18 Å². The van der Waals surface area contributed by atoms with Gasteiger partial charge in [-0.25, -0.2) is 0 Å². The molecule has 0 bridgehead atoms. The van der Waals surface area contributed by atoms with Crippen LogP contribution in [0.1, 0.15) is 47.5 Å². The molecule has 0 heterocycles. The van der Waals surface area contributed by atoms with E-state index in [0.29, 0.717) is 12.8 Å². The highest BCUT2D eigenvalue weighted by Crippen LogP contribution is 2.52. The van der Waals surface area contributed by atoms with Gasteiger partial charge in [0.15, 0.2) is 0 Å². The fourth-order valence-corrected chi connectivity index (χ4v) is 3.98. The molecule has 0 amide bonds. The van der Waals surface area contributed by atoms with E-state index in [4.69, 9.17) is 9.84 Å². The van der Waals surface area contributed by atoms with Crippen LogP contribution in [0.3, 0.4) is 0 Å². The average molecular weight is 350 g/mol. The number of rotatable bonds is 5. The van der Waals surface area contributed by atoms with Crippen molar-refractivity contribution < 1.29 is 28.1 Å². The predicted molar refractivity (Wildman–Crippen MR) is 87.5 cm³/mol. The SMILES string of the molecule is CC(=C/C(F)(F)F)/C=C/[C@@]1(O)[C@@H](C)CC(C)(OCCO)CC1(C)C. The Bertz CT molecular complexity index is 496. The van der Waals surface area contributed by atoms with E-state index in [0.717, 1.165) is 0 Å². The Balaban J connectivity index is 3.04. The lowest BCUT2D eigenvalue weighted by Gasteiger charge is -2.55. The number of hydrogen-bond donors (Lipinski definition) is 2. The standard InChI is InChI=1S/C18H29F3O3/c1-13(10-18(19,20)21)6-7-17(23)14(2)11-16(5,24-9-8-22)12-15(17,3)4/h6-7,10,14,22-23H,8-9,11-12H2,1-5H3/b7-6+,13-10-/t14-,16?,17+/m0/s1. The second kappa shape index (κ2) is 7.18. The Labute approximate surface area is 142 Å². The van der Waals surface area contributed by atoms with Crippen molar-refractivity contribution in [1.82, 2.24) is 0 Å². The summed E-state index contributed by atoms with van der Waals surface area (Å²) in [5, 5.41) is 20.1. The molecule has 1 fully saturated rings. The Morgan fingerprint density at radius 2 is 1.88 bits per heavy atom. The van der Waals surface area contributed by atoms with Crippen molar-refractivity contribution in [2.75, 3.05) is 13.2 Å². The minimum Gasteiger partial charge on any atom is -0.394 e. The Morgan fingerprint density at radius 3 is 2.33 bits per heavy atom. The molecule has 3 atom stereocenters. The van der Waals surface area contributed by atoms with Gasteiger partial charge in [0.05, 0.1) is 24.4 Å². The molecule has 0 aromatic heterocycles. The van der Waals surface area contributed by atoms with Crippen LogP contribution in [-0.2, 0) is 4.74 Å². The van der Waals surface area contributed by atoms with Crippen LogP contribution in [0.2, 0.25) is 0 Å². The number of hydrogen-bond acceptors (Lipinski definition) is 3. The molecule has 6 heteroatoms. The summed E-state index contributed by atoms with van der Waals surface area (Å²) in [5.74, 6) is -0.208. The molecule has 0 saturated heterocycles. The molecular formula is C18H29F3O3. The van der Waals surface area contributed by atoms with Gasteiger partial charge in [0.1, 0.15) is 0 Å². The lowest BCUT2D eigenvalue weighted by atomic mass is 9.56. The summed E-state index contributed by atoms with van der Waals surface area (Å²) < 4.78 is 43.0. The maximum absolute atomic E-state index is 12.4. The smallest absolute Gasteiger partial charge is 0.394 e. The van der Waals surface area contributed by atoms with E-state index in [-0.39, 0.29) is 30.8 Å². The third-order valence-corrected chi connectivity index (χ3v) is 4.92. The highest BCUT2D eigenvalue weighted by atomic mass is 19.4. The third-order valence-electron chi connectivity index (χ3n) is 4.92. The third kappa shape index (κ3) is 5.07. The van der Waals surface area contributed by atoms with Crippen molar-refractivity contribution in [1.29, 1.82) is 0 Å². The van der Waals surface area contributed by atoms with E-state index < -0.39 is 22.8 Å². The summed E-state index contributed by atoms with van der Waals surface area (Å²) >= 11 is 0. The van der Waals surface area contributed by atoms with Gasteiger partial charge in [-0.05, 0) is 38.2 Å². The molecule has 2 N–H and O–H groups in total. The first-order valence-electron chi connectivity index (χ1n) is 8.17. The van der Waals surface area contributed by atoms with Gasteiger partial charge in [0.25, 0.3) is 0 Å². The first-order chi connectivity index (χ1) is 10.7. The van der Waals surface area contributed by atoms with E-state index in [1.54, 1.807) is 0 Å². The monoisotopic (exact) mass is 350 g/mol. The lowest BCUT2D eigenvalue weighted by Crippen LogP contribution is -2.58. The second-order valence-corrected chi connectivity index (χ2v) is 7.78. The van der Waals surface area contributed by atoms with Gasteiger partial charge in [0.2, 0.25) is 0 Å². The fourth-order valence-electron chi connectivity index (χ4n) is 3.98. The number of allylic oxidation sites excluding steroid dienone is 3. The number of halogens is 3. The number of alkyl halides is 3. The Kier molecular flexibility index (Phi) is 6.34. The van der Waals surface area contributed by atoms with Crippen LogP contribution in [0.4, 0.5) is 13.2 Å². The summed E-state index contributed by atoms with van der Waals surface area (Å²) in [5.41, 5.74) is -2.27. The van der Waals surface area contributed by atoms with E-state index in [2.05, 4.69) is 0 Å². The quantitative estimate of drug-likeness (QED) is 0.737. The minimum atomic E-state index is -4.37. The Morgan fingerprint density at radius 1 is 1.29 bits per heavy atom. The number of aliphatic hydroxyl groups is 2. The molecule has 140 valence electrons. The molecular weight excluding hydrogens is 321 g/mol. The molecule has 0 spiro atoms. The first-order valence-corrected chi connectivity index (χ1v) is 8.17. The van der Waals surface area contributed by atoms with Gasteiger partial charge in [0, 0.05) is 11.5 Å². The van der Waals surface area contributed by atoms with Gasteiger partial charge in [-0.3, -0.25) is 0 Å². The molecule has 1 saturated carbocycles. The average Bonchev–Trinajstić information content (AvgIpc) is 2.38. The van der Waals surface area contributed by atoms with Gasteiger partial charge in [-0.2, -0.15) is 13.2 Å². The normalized spacial score (nSPS) is 34.8. The first kappa shape index (κ1) is 21.2.